The average molecular weight is 205 g/mol. The molecule has 2 N–H and O–H groups in total. The lowest BCUT2D eigenvalue weighted by Gasteiger charge is -2.17. The second kappa shape index (κ2) is 3.88. The van der Waals surface area contributed by atoms with Gasteiger partial charge in [-0.25, -0.2) is 4.39 Å². The summed E-state index contributed by atoms with van der Waals surface area (Å²) in [5.74, 6) is -4.61. The van der Waals surface area contributed by atoms with E-state index in [1.54, 1.807) is 0 Å². The third-order valence-corrected chi connectivity index (χ3v) is 1.82. The summed E-state index contributed by atoms with van der Waals surface area (Å²) in [6.45, 7) is -0.954. The monoisotopic (exact) mass is 205 g/mol. The first-order valence-electron chi connectivity index (χ1n) is 3.94. The first-order chi connectivity index (χ1) is 6.53. The number of benzene rings is 1. The predicted molar refractivity (Wildman–Crippen MR) is 45.9 cm³/mol. The van der Waals surface area contributed by atoms with Crippen molar-refractivity contribution in [2.24, 2.45) is 5.73 Å². The number of halogens is 3. The Kier molecular flexibility index (Phi) is 3.00. The Bertz CT molecular complexity index is 328. The van der Waals surface area contributed by atoms with Gasteiger partial charge in [-0.2, -0.15) is 8.78 Å². The van der Waals surface area contributed by atoms with Crippen molar-refractivity contribution in [3.05, 3.63) is 29.6 Å². The van der Waals surface area contributed by atoms with Crippen molar-refractivity contribution in [1.82, 2.24) is 0 Å². The van der Waals surface area contributed by atoms with Gasteiger partial charge in [0.15, 0.2) is 0 Å². The van der Waals surface area contributed by atoms with Crippen LogP contribution in [0.4, 0.5) is 13.2 Å². The molecule has 14 heavy (non-hydrogen) atoms. The molecule has 1 aromatic carbocycles. The molecule has 1 rings (SSSR count). The van der Waals surface area contributed by atoms with Crippen LogP contribution in [0, 0.1) is 5.82 Å². The SMILES string of the molecule is COc1cccc(F)c1C(F)(F)CN. The van der Waals surface area contributed by atoms with Gasteiger partial charge in [0, 0.05) is 0 Å². The number of ether oxygens (including phenoxy) is 1. The van der Waals surface area contributed by atoms with Gasteiger partial charge in [0.1, 0.15) is 11.6 Å². The van der Waals surface area contributed by atoms with Crippen molar-refractivity contribution >= 4 is 0 Å². The molecule has 1 aromatic rings. The van der Waals surface area contributed by atoms with E-state index in [4.69, 9.17) is 5.73 Å². The third-order valence-electron chi connectivity index (χ3n) is 1.82. The van der Waals surface area contributed by atoms with Gasteiger partial charge in [-0.3, -0.25) is 0 Å². The summed E-state index contributed by atoms with van der Waals surface area (Å²) in [5, 5.41) is 0. The van der Waals surface area contributed by atoms with Crippen LogP contribution >= 0.6 is 0 Å². The molecule has 0 unspecified atom stereocenters. The first-order valence-corrected chi connectivity index (χ1v) is 3.94. The first kappa shape index (κ1) is 10.8. The maximum atomic E-state index is 13.1. The number of methoxy groups -OCH3 is 1. The lowest BCUT2D eigenvalue weighted by Crippen LogP contribution is -2.27. The molecule has 0 bridgehead atoms. The molecule has 5 heteroatoms. The number of nitrogens with two attached hydrogens (primary N) is 1. The number of alkyl halides is 2. The standard InChI is InChI=1S/C9H10F3NO/c1-14-7-4-2-3-6(10)8(7)9(11,12)5-13/h2-4H,5,13H2,1H3. The fourth-order valence-electron chi connectivity index (χ4n) is 1.13. The Morgan fingerprint density at radius 1 is 1.43 bits per heavy atom. The summed E-state index contributed by atoms with van der Waals surface area (Å²) < 4.78 is 44.0. The highest BCUT2D eigenvalue weighted by Gasteiger charge is 2.36. The molecule has 0 atom stereocenters. The summed E-state index contributed by atoms with van der Waals surface area (Å²) in [6.07, 6.45) is 0. The van der Waals surface area contributed by atoms with Crippen molar-refractivity contribution in [2.75, 3.05) is 13.7 Å². The molecule has 0 amide bonds. The summed E-state index contributed by atoms with van der Waals surface area (Å²) in [4.78, 5) is 0. The van der Waals surface area contributed by atoms with Crippen molar-refractivity contribution in [3.63, 3.8) is 0 Å². The fraction of sp³-hybridized carbons (Fsp3) is 0.333. The fourth-order valence-corrected chi connectivity index (χ4v) is 1.13. The second-order valence-electron chi connectivity index (χ2n) is 2.73. The van der Waals surface area contributed by atoms with E-state index >= 15 is 0 Å². The Balaban J connectivity index is 3.30. The molecule has 2 nitrogen and oxygen atoms in total. The van der Waals surface area contributed by atoms with Crippen LogP contribution in [0.25, 0.3) is 0 Å². The lowest BCUT2D eigenvalue weighted by atomic mass is 10.1. The van der Waals surface area contributed by atoms with Crippen LogP contribution in [0.2, 0.25) is 0 Å². The van der Waals surface area contributed by atoms with Crippen LogP contribution in [0.15, 0.2) is 18.2 Å². The normalized spacial score (nSPS) is 11.5. The molecule has 0 heterocycles. The van der Waals surface area contributed by atoms with E-state index in [1.165, 1.54) is 19.2 Å². The van der Waals surface area contributed by atoms with Crippen LogP contribution in [-0.4, -0.2) is 13.7 Å². The van der Waals surface area contributed by atoms with E-state index in [0.29, 0.717) is 0 Å². The number of hydrogen-bond donors (Lipinski definition) is 1. The Morgan fingerprint density at radius 3 is 2.57 bits per heavy atom. The molecule has 0 radical (unpaired) electrons. The maximum absolute atomic E-state index is 13.1. The van der Waals surface area contributed by atoms with Crippen LogP contribution in [0.3, 0.4) is 0 Å². The van der Waals surface area contributed by atoms with Crippen LogP contribution in [-0.2, 0) is 5.92 Å². The number of rotatable bonds is 3. The van der Waals surface area contributed by atoms with E-state index in [0.717, 1.165) is 6.07 Å². The van der Waals surface area contributed by atoms with Gasteiger partial charge in [0.2, 0.25) is 0 Å². The minimum Gasteiger partial charge on any atom is -0.496 e. The molecule has 0 aliphatic carbocycles. The van der Waals surface area contributed by atoms with Crippen molar-refractivity contribution in [1.29, 1.82) is 0 Å². The molecule has 0 saturated carbocycles. The summed E-state index contributed by atoms with van der Waals surface area (Å²) in [7, 11) is 1.20. The summed E-state index contributed by atoms with van der Waals surface area (Å²) in [6, 6.07) is 3.51. The molecule has 0 saturated heterocycles. The summed E-state index contributed by atoms with van der Waals surface area (Å²) in [5.41, 5.74) is 4.07. The highest BCUT2D eigenvalue weighted by molar-refractivity contribution is 5.38. The van der Waals surface area contributed by atoms with Crippen molar-refractivity contribution in [3.8, 4) is 5.75 Å². The largest absolute Gasteiger partial charge is 0.496 e. The molecule has 0 aliphatic heterocycles. The Morgan fingerprint density at radius 2 is 2.07 bits per heavy atom. The molecule has 78 valence electrons. The highest BCUT2D eigenvalue weighted by Crippen LogP contribution is 2.35. The topological polar surface area (TPSA) is 35.2 Å². The van der Waals surface area contributed by atoms with E-state index in [-0.39, 0.29) is 5.75 Å². The van der Waals surface area contributed by atoms with Crippen molar-refractivity contribution < 1.29 is 17.9 Å². The van der Waals surface area contributed by atoms with Gasteiger partial charge in [-0.05, 0) is 12.1 Å². The minimum atomic E-state index is -3.41. The van der Waals surface area contributed by atoms with Gasteiger partial charge >= 0.3 is 0 Å². The molecule has 0 aromatic heterocycles. The molecule has 0 aliphatic rings. The zero-order valence-corrected chi connectivity index (χ0v) is 7.56. The lowest BCUT2D eigenvalue weighted by molar-refractivity contribution is 0.0000356. The second-order valence-corrected chi connectivity index (χ2v) is 2.73. The van der Waals surface area contributed by atoms with Gasteiger partial charge in [-0.1, -0.05) is 6.07 Å². The summed E-state index contributed by atoms with van der Waals surface area (Å²) >= 11 is 0. The minimum absolute atomic E-state index is 0.194. The smallest absolute Gasteiger partial charge is 0.291 e. The quantitative estimate of drug-likeness (QED) is 0.817. The predicted octanol–water partition coefficient (Wildman–Crippen LogP) is 1.88. The number of hydrogen-bond acceptors (Lipinski definition) is 2. The van der Waals surface area contributed by atoms with Crippen molar-refractivity contribution in [2.45, 2.75) is 5.92 Å². The average Bonchev–Trinajstić information content (AvgIpc) is 2.17. The van der Waals surface area contributed by atoms with E-state index in [2.05, 4.69) is 4.74 Å². The van der Waals surface area contributed by atoms with Crippen LogP contribution in [0.1, 0.15) is 5.56 Å². The molecule has 0 fully saturated rings. The van der Waals surface area contributed by atoms with Gasteiger partial charge in [-0.15, -0.1) is 0 Å². The molecular formula is C9H10F3NO. The van der Waals surface area contributed by atoms with Gasteiger partial charge in [0.05, 0.1) is 19.2 Å². The third kappa shape index (κ3) is 1.82. The Labute approximate surface area is 79.5 Å². The van der Waals surface area contributed by atoms with Crippen LogP contribution in [0.5, 0.6) is 5.75 Å². The van der Waals surface area contributed by atoms with E-state index in [9.17, 15) is 13.2 Å². The Hall–Kier alpha value is -1.23. The van der Waals surface area contributed by atoms with Crippen LogP contribution < -0.4 is 10.5 Å². The molecular weight excluding hydrogens is 195 g/mol. The van der Waals surface area contributed by atoms with E-state index < -0.39 is 23.8 Å². The van der Waals surface area contributed by atoms with E-state index in [1.807, 2.05) is 0 Å². The zero-order valence-electron chi connectivity index (χ0n) is 7.56. The molecule has 0 spiro atoms. The maximum Gasteiger partial charge on any atom is 0.291 e. The van der Waals surface area contributed by atoms with Gasteiger partial charge in [0.25, 0.3) is 5.92 Å². The zero-order chi connectivity index (χ0) is 10.8. The highest BCUT2D eigenvalue weighted by atomic mass is 19.3. The van der Waals surface area contributed by atoms with Gasteiger partial charge < -0.3 is 10.5 Å².